The number of nitrogens with zero attached hydrogens (tertiary/aromatic N) is 2. The Morgan fingerprint density at radius 3 is 2.70 bits per heavy atom. The minimum absolute atomic E-state index is 0.0480. The highest BCUT2D eigenvalue weighted by atomic mass is 16.6. The molecule has 0 spiro atoms. The maximum atomic E-state index is 10.8. The standard InChI is InChI=1S/C13H15N3O4/c1-7(2)11-12(15-20-13(11)14)9-5-4-8(16(17)18)6-10(9)19-3/h4-7H,14H2,1-3H3. The van der Waals surface area contributed by atoms with Gasteiger partial charge in [0.25, 0.3) is 5.69 Å². The molecule has 7 nitrogen and oxygen atoms in total. The van der Waals surface area contributed by atoms with Gasteiger partial charge in [-0.05, 0) is 12.0 Å². The first kappa shape index (κ1) is 13.9. The van der Waals surface area contributed by atoms with E-state index in [1.54, 1.807) is 6.07 Å². The number of nitrogen functional groups attached to an aromatic ring is 1. The second kappa shape index (κ2) is 5.20. The summed E-state index contributed by atoms with van der Waals surface area (Å²) in [7, 11) is 1.45. The lowest BCUT2D eigenvalue weighted by Gasteiger charge is -2.09. The zero-order valence-corrected chi connectivity index (χ0v) is 11.4. The number of hydrogen-bond acceptors (Lipinski definition) is 6. The van der Waals surface area contributed by atoms with E-state index in [0.717, 1.165) is 5.56 Å². The number of nitrogens with two attached hydrogens (primary N) is 1. The van der Waals surface area contributed by atoms with Gasteiger partial charge >= 0.3 is 0 Å². The number of hydrogen-bond donors (Lipinski definition) is 1. The van der Waals surface area contributed by atoms with Gasteiger partial charge < -0.3 is 15.0 Å². The molecule has 0 fully saturated rings. The second-order valence-corrected chi connectivity index (χ2v) is 4.61. The number of nitro benzene ring substituents is 1. The molecule has 0 unspecified atom stereocenters. The van der Waals surface area contributed by atoms with E-state index in [4.69, 9.17) is 15.0 Å². The van der Waals surface area contributed by atoms with Gasteiger partial charge in [-0.25, -0.2) is 0 Å². The molecule has 2 aromatic rings. The molecule has 0 saturated heterocycles. The number of non-ortho nitro benzene ring substituents is 1. The molecule has 0 aliphatic heterocycles. The summed E-state index contributed by atoms with van der Waals surface area (Å²) in [4.78, 5) is 10.3. The van der Waals surface area contributed by atoms with Gasteiger partial charge in [-0.1, -0.05) is 19.0 Å². The molecule has 20 heavy (non-hydrogen) atoms. The normalized spacial score (nSPS) is 10.8. The molecule has 106 valence electrons. The van der Waals surface area contributed by atoms with Crippen LogP contribution >= 0.6 is 0 Å². The fraction of sp³-hybridized carbons (Fsp3) is 0.308. The van der Waals surface area contributed by atoms with Crippen molar-refractivity contribution in [2.45, 2.75) is 19.8 Å². The summed E-state index contributed by atoms with van der Waals surface area (Å²) in [5.74, 6) is 0.709. The molecule has 0 atom stereocenters. The van der Waals surface area contributed by atoms with E-state index in [-0.39, 0.29) is 17.5 Å². The van der Waals surface area contributed by atoms with Crippen LogP contribution < -0.4 is 10.5 Å². The number of benzene rings is 1. The van der Waals surface area contributed by atoms with Gasteiger partial charge in [0.15, 0.2) is 0 Å². The summed E-state index contributed by atoms with van der Waals surface area (Å²) in [5.41, 5.74) is 7.64. The molecule has 1 aromatic heterocycles. The molecule has 1 heterocycles. The van der Waals surface area contributed by atoms with E-state index in [9.17, 15) is 10.1 Å². The first-order valence-electron chi connectivity index (χ1n) is 6.03. The summed E-state index contributed by atoms with van der Waals surface area (Å²) < 4.78 is 10.2. The first-order chi connectivity index (χ1) is 9.45. The Bertz CT molecular complexity index is 649. The van der Waals surface area contributed by atoms with Gasteiger partial charge in [0, 0.05) is 17.2 Å². The number of anilines is 1. The largest absolute Gasteiger partial charge is 0.496 e. The lowest BCUT2D eigenvalue weighted by Crippen LogP contribution is -1.97. The van der Waals surface area contributed by atoms with Gasteiger partial charge in [-0.3, -0.25) is 10.1 Å². The molecule has 7 heteroatoms. The Morgan fingerprint density at radius 1 is 1.45 bits per heavy atom. The van der Waals surface area contributed by atoms with E-state index >= 15 is 0 Å². The zero-order valence-electron chi connectivity index (χ0n) is 11.4. The van der Waals surface area contributed by atoms with Crippen molar-refractivity contribution >= 4 is 11.6 Å². The summed E-state index contributed by atoms with van der Waals surface area (Å²) >= 11 is 0. The third-order valence-electron chi connectivity index (χ3n) is 2.98. The zero-order chi connectivity index (χ0) is 14.9. The van der Waals surface area contributed by atoms with E-state index < -0.39 is 4.92 Å². The predicted molar refractivity (Wildman–Crippen MR) is 73.6 cm³/mol. The van der Waals surface area contributed by atoms with Crippen molar-refractivity contribution in [1.82, 2.24) is 5.16 Å². The summed E-state index contributed by atoms with van der Waals surface area (Å²) in [6, 6.07) is 4.33. The molecule has 0 saturated carbocycles. The maximum Gasteiger partial charge on any atom is 0.273 e. The molecule has 0 amide bonds. The molecular weight excluding hydrogens is 262 g/mol. The average molecular weight is 277 g/mol. The molecular formula is C13H15N3O4. The van der Waals surface area contributed by atoms with Gasteiger partial charge in [-0.15, -0.1) is 0 Å². The lowest BCUT2D eigenvalue weighted by molar-refractivity contribution is -0.384. The van der Waals surface area contributed by atoms with Crippen LogP contribution in [0.25, 0.3) is 11.3 Å². The van der Waals surface area contributed by atoms with Gasteiger partial charge in [0.05, 0.1) is 18.1 Å². The molecule has 0 radical (unpaired) electrons. The van der Waals surface area contributed by atoms with Crippen molar-refractivity contribution in [2.75, 3.05) is 12.8 Å². The third kappa shape index (κ3) is 2.29. The van der Waals surface area contributed by atoms with Crippen molar-refractivity contribution in [3.63, 3.8) is 0 Å². The van der Waals surface area contributed by atoms with Crippen LogP contribution in [-0.2, 0) is 0 Å². The van der Waals surface area contributed by atoms with E-state index in [0.29, 0.717) is 17.0 Å². The Balaban J connectivity index is 2.61. The van der Waals surface area contributed by atoms with Crippen molar-refractivity contribution in [2.24, 2.45) is 0 Å². The second-order valence-electron chi connectivity index (χ2n) is 4.61. The minimum Gasteiger partial charge on any atom is -0.496 e. The number of ether oxygens (including phenoxy) is 1. The highest BCUT2D eigenvalue weighted by Gasteiger charge is 2.22. The van der Waals surface area contributed by atoms with Crippen molar-refractivity contribution in [1.29, 1.82) is 0 Å². The smallest absolute Gasteiger partial charge is 0.273 e. The SMILES string of the molecule is COc1cc([N+](=O)[O-])ccc1-c1noc(N)c1C(C)C. The summed E-state index contributed by atoms with van der Waals surface area (Å²) in [6.07, 6.45) is 0. The first-order valence-corrected chi connectivity index (χ1v) is 6.03. The van der Waals surface area contributed by atoms with Crippen LogP contribution in [0.5, 0.6) is 5.75 Å². The quantitative estimate of drug-likeness (QED) is 0.680. The highest BCUT2D eigenvalue weighted by molar-refractivity contribution is 5.74. The molecule has 2 rings (SSSR count). The lowest BCUT2D eigenvalue weighted by atomic mass is 9.98. The van der Waals surface area contributed by atoms with E-state index in [2.05, 4.69) is 5.16 Å². The van der Waals surface area contributed by atoms with Gasteiger partial charge in [0.2, 0.25) is 5.88 Å². The van der Waals surface area contributed by atoms with Crippen molar-refractivity contribution in [3.05, 3.63) is 33.9 Å². The number of aromatic nitrogens is 1. The van der Waals surface area contributed by atoms with Gasteiger partial charge in [0.1, 0.15) is 11.4 Å². The molecule has 1 aromatic carbocycles. The molecule has 2 N–H and O–H groups in total. The van der Waals surface area contributed by atoms with Crippen LogP contribution in [0.3, 0.4) is 0 Å². The van der Waals surface area contributed by atoms with Crippen LogP contribution in [0.4, 0.5) is 11.6 Å². The summed E-state index contributed by atoms with van der Waals surface area (Å²) in [6.45, 7) is 3.93. The fourth-order valence-corrected chi connectivity index (χ4v) is 2.05. The van der Waals surface area contributed by atoms with Crippen LogP contribution in [0.1, 0.15) is 25.3 Å². The van der Waals surface area contributed by atoms with Crippen LogP contribution in [-0.4, -0.2) is 17.2 Å². The number of methoxy groups -OCH3 is 1. The fourth-order valence-electron chi connectivity index (χ4n) is 2.05. The Morgan fingerprint density at radius 2 is 2.15 bits per heavy atom. The Kier molecular flexibility index (Phi) is 3.60. The highest BCUT2D eigenvalue weighted by Crippen LogP contribution is 2.38. The third-order valence-corrected chi connectivity index (χ3v) is 2.98. The molecule has 0 aliphatic rings. The Labute approximate surface area is 115 Å². The van der Waals surface area contributed by atoms with Crippen LogP contribution in [0, 0.1) is 10.1 Å². The Hall–Kier alpha value is -2.57. The monoisotopic (exact) mass is 277 g/mol. The van der Waals surface area contributed by atoms with Crippen molar-refractivity contribution in [3.8, 4) is 17.0 Å². The summed E-state index contributed by atoms with van der Waals surface area (Å²) in [5, 5.41) is 14.7. The molecule has 0 aliphatic carbocycles. The predicted octanol–water partition coefficient (Wildman–Crippen LogP) is 2.96. The van der Waals surface area contributed by atoms with Gasteiger partial charge in [-0.2, -0.15) is 0 Å². The van der Waals surface area contributed by atoms with Crippen LogP contribution in [0.15, 0.2) is 22.7 Å². The van der Waals surface area contributed by atoms with Crippen LogP contribution in [0.2, 0.25) is 0 Å². The number of nitro groups is 1. The number of rotatable bonds is 4. The van der Waals surface area contributed by atoms with E-state index in [1.807, 2.05) is 13.8 Å². The van der Waals surface area contributed by atoms with E-state index in [1.165, 1.54) is 19.2 Å². The average Bonchev–Trinajstić information content (AvgIpc) is 2.79. The molecule has 0 bridgehead atoms. The topological polar surface area (TPSA) is 104 Å². The minimum atomic E-state index is -0.479. The van der Waals surface area contributed by atoms with Crippen molar-refractivity contribution < 1.29 is 14.2 Å². The maximum absolute atomic E-state index is 10.8.